The summed E-state index contributed by atoms with van der Waals surface area (Å²) in [6, 6.07) is 4.74. The fraction of sp³-hybridized carbons (Fsp3) is 0.588. The van der Waals surface area contributed by atoms with E-state index in [1.807, 2.05) is 18.3 Å². The van der Waals surface area contributed by atoms with E-state index < -0.39 is 0 Å². The molecule has 1 aliphatic carbocycles. The molecule has 0 bridgehead atoms. The van der Waals surface area contributed by atoms with Crippen molar-refractivity contribution in [1.29, 1.82) is 0 Å². The van der Waals surface area contributed by atoms with Gasteiger partial charge >= 0.3 is 0 Å². The van der Waals surface area contributed by atoms with Crippen molar-refractivity contribution in [2.24, 2.45) is 0 Å². The van der Waals surface area contributed by atoms with Crippen LogP contribution in [0.2, 0.25) is 0 Å². The van der Waals surface area contributed by atoms with Crippen LogP contribution in [0.15, 0.2) is 24.5 Å². The first-order valence-electron chi connectivity index (χ1n) is 8.47. The van der Waals surface area contributed by atoms with Gasteiger partial charge in [-0.3, -0.25) is 15.0 Å². The van der Waals surface area contributed by atoms with Crippen molar-refractivity contribution in [2.75, 3.05) is 13.1 Å². The van der Waals surface area contributed by atoms with Crippen molar-refractivity contribution in [3.05, 3.63) is 30.4 Å². The second-order valence-corrected chi connectivity index (χ2v) is 6.56. The lowest BCUT2D eigenvalue weighted by atomic mass is 9.95. The number of hydrogen-bond donors (Lipinski definition) is 1. The second kappa shape index (κ2) is 6.16. The van der Waals surface area contributed by atoms with Crippen LogP contribution < -0.4 is 0 Å². The van der Waals surface area contributed by atoms with Gasteiger partial charge in [0.15, 0.2) is 5.82 Å². The Morgan fingerprint density at radius 2 is 2.05 bits per heavy atom. The molecule has 1 unspecified atom stereocenters. The molecule has 2 fully saturated rings. The van der Waals surface area contributed by atoms with E-state index in [2.05, 4.69) is 20.1 Å². The van der Waals surface area contributed by atoms with Crippen LogP contribution in [0.4, 0.5) is 0 Å². The van der Waals surface area contributed by atoms with E-state index in [1.165, 1.54) is 45.1 Å². The molecule has 4 rings (SSSR count). The summed E-state index contributed by atoms with van der Waals surface area (Å²) < 4.78 is 0. The molecule has 1 N–H and O–H groups in total. The molecule has 0 aromatic carbocycles. The zero-order chi connectivity index (χ0) is 14.8. The van der Waals surface area contributed by atoms with E-state index in [9.17, 15) is 0 Å². The molecular formula is C17H23N5. The van der Waals surface area contributed by atoms with Gasteiger partial charge in [0.05, 0.1) is 0 Å². The topological polar surface area (TPSA) is 57.7 Å². The summed E-state index contributed by atoms with van der Waals surface area (Å²) in [6.07, 6.45) is 11.6. The van der Waals surface area contributed by atoms with Crippen LogP contribution in [-0.2, 0) is 0 Å². The molecule has 5 heteroatoms. The Hall–Kier alpha value is -1.75. The van der Waals surface area contributed by atoms with Crippen molar-refractivity contribution < 1.29 is 0 Å². The molecule has 1 aliphatic heterocycles. The van der Waals surface area contributed by atoms with E-state index in [4.69, 9.17) is 4.98 Å². The highest BCUT2D eigenvalue weighted by Crippen LogP contribution is 2.31. The minimum Gasteiger partial charge on any atom is -0.300 e. The maximum absolute atomic E-state index is 4.73. The van der Waals surface area contributed by atoms with Crippen LogP contribution >= 0.6 is 0 Å². The fourth-order valence-electron chi connectivity index (χ4n) is 3.91. The minimum atomic E-state index is 0.493. The summed E-state index contributed by atoms with van der Waals surface area (Å²) in [5.41, 5.74) is 0.980. The number of hydrogen-bond acceptors (Lipinski definition) is 4. The Morgan fingerprint density at radius 3 is 2.86 bits per heavy atom. The maximum Gasteiger partial charge on any atom is 0.182 e. The number of rotatable bonds is 3. The third-order valence-corrected chi connectivity index (χ3v) is 5.10. The molecule has 3 heterocycles. The predicted molar refractivity (Wildman–Crippen MR) is 85.4 cm³/mol. The van der Waals surface area contributed by atoms with E-state index in [0.717, 1.165) is 29.8 Å². The minimum absolute atomic E-state index is 0.493. The van der Waals surface area contributed by atoms with Crippen molar-refractivity contribution in [2.45, 2.75) is 50.5 Å². The molecule has 1 atom stereocenters. The van der Waals surface area contributed by atoms with Crippen LogP contribution in [0.5, 0.6) is 0 Å². The Labute approximate surface area is 131 Å². The second-order valence-electron chi connectivity index (χ2n) is 6.56. The van der Waals surface area contributed by atoms with Crippen molar-refractivity contribution >= 4 is 0 Å². The van der Waals surface area contributed by atoms with Gasteiger partial charge in [-0.25, -0.2) is 4.98 Å². The Balaban J connectivity index is 1.48. The molecule has 1 saturated carbocycles. The normalized spacial score (nSPS) is 23.9. The predicted octanol–water partition coefficient (Wildman–Crippen LogP) is 2.99. The molecule has 0 spiro atoms. The molecule has 1 saturated heterocycles. The Kier molecular flexibility index (Phi) is 3.89. The summed E-state index contributed by atoms with van der Waals surface area (Å²) in [4.78, 5) is 11.6. The Bertz CT molecular complexity index is 603. The average molecular weight is 297 g/mol. The first-order valence-corrected chi connectivity index (χ1v) is 8.47. The quantitative estimate of drug-likeness (QED) is 0.946. The van der Waals surface area contributed by atoms with E-state index in [-0.39, 0.29) is 0 Å². The highest BCUT2D eigenvalue weighted by molar-refractivity contribution is 5.52. The lowest BCUT2D eigenvalue weighted by Gasteiger charge is -2.35. The summed E-state index contributed by atoms with van der Waals surface area (Å²) >= 11 is 0. The van der Waals surface area contributed by atoms with Gasteiger partial charge in [0.1, 0.15) is 5.82 Å². The smallest absolute Gasteiger partial charge is 0.182 e. The zero-order valence-electron chi connectivity index (χ0n) is 12.9. The molecule has 0 radical (unpaired) electrons. The fourth-order valence-corrected chi connectivity index (χ4v) is 3.91. The molecule has 22 heavy (non-hydrogen) atoms. The highest BCUT2D eigenvalue weighted by atomic mass is 15.2. The first kappa shape index (κ1) is 13.9. The van der Waals surface area contributed by atoms with Gasteiger partial charge in [0.2, 0.25) is 0 Å². The third kappa shape index (κ3) is 2.77. The summed E-state index contributed by atoms with van der Waals surface area (Å²) in [6.45, 7) is 2.39. The van der Waals surface area contributed by atoms with Gasteiger partial charge in [0, 0.05) is 36.5 Å². The van der Waals surface area contributed by atoms with Crippen LogP contribution in [0.25, 0.3) is 11.4 Å². The lowest BCUT2D eigenvalue weighted by Crippen LogP contribution is -2.40. The molecule has 2 aromatic rings. The van der Waals surface area contributed by atoms with Gasteiger partial charge in [-0.1, -0.05) is 12.8 Å². The molecule has 116 valence electrons. The van der Waals surface area contributed by atoms with E-state index in [0.29, 0.717) is 5.92 Å². The van der Waals surface area contributed by atoms with Gasteiger partial charge in [0.25, 0.3) is 0 Å². The molecule has 2 aliphatic rings. The maximum atomic E-state index is 4.73. The van der Waals surface area contributed by atoms with Gasteiger partial charge in [-0.05, 0) is 44.4 Å². The lowest BCUT2D eigenvalue weighted by molar-refractivity contribution is 0.147. The van der Waals surface area contributed by atoms with Gasteiger partial charge in [-0.15, -0.1) is 0 Å². The number of likely N-dealkylation sites (tertiary alicyclic amines) is 1. The average Bonchev–Trinajstić information content (AvgIpc) is 3.28. The van der Waals surface area contributed by atoms with Crippen LogP contribution in [0.3, 0.4) is 0 Å². The van der Waals surface area contributed by atoms with Crippen LogP contribution in [0, 0.1) is 0 Å². The van der Waals surface area contributed by atoms with Gasteiger partial charge in [-0.2, -0.15) is 5.10 Å². The summed E-state index contributed by atoms with van der Waals surface area (Å²) in [5, 5.41) is 7.56. The van der Waals surface area contributed by atoms with Gasteiger partial charge < -0.3 is 0 Å². The summed E-state index contributed by atoms with van der Waals surface area (Å²) in [7, 11) is 0. The summed E-state index contributed by atoms with van der Waals surface area (Å²) in [5.74, 6) is 2.30. The zero-order valence-corrected chi connectivity index (χ0v) is 12.9. The number of aromatic nitrogens is 4. The van der Waals surface area contributed by atoms with Crippen molar-refractivity contribution in [3.63, 3.8) is 0 Å². The number of nitrogens with one attached hydrogen (secondary N) is 1. The molecular weight excluding hydrogens is 274 g/mol. The molecule has 5 nitrogen and oxygen atoms in total. The van der Waals surface area contributed by atoms with Crippen LogP contribution in [-0.4, -0.2) is 44.2 Å². The van der Waals surface area contributed by atoms with E-state index >= 15 is 0 Å². The number of aromatic amines is 1. The van der Waals surface area contributed by atoms with Crippen molar-refractivity contribution in [1.82, 2.24) is 25.1 Å². The van der Waals surface area contributed by atoms with E-state index in [1.54, 1.807) is 6.20 Å². The first-order chi connectivity index (χ1) is 10.9. The number of nitrogens with zero attached hydrogens (tertiary/aromatic N) is 4. The van der Waals surface area contributed by atoms with Crippen LogP contribution in [0.1, 0.15) is 50.3 Å². The SMILES string of the molecule is c1cncc(-c2n[nH]c(C3CCCN(C4CCCC4)C3)n2)c1. The number of pyridine rings is 1. The molecule has 0 amide bonds. The highest BCUT2D eigenvalue weighted by Gasteiger charge is 2.30. The Morgan fingerprint density at radius 1 is 1.14 bits per heavy atom. The monoisotopic (exact) mass is 297 g/mol. The largest absolute Gasteiger partial charge is 0.300 e. The number of H-pyrrole nitrogens is 1. The van der Waals surface area contributed by atoms with Crippen molar-refractivity contribution in [3.8, 4) is 11.4 Å². The number of piperidine rings is 1. The molecule has 2 aromatic heterocycles. The standard InChI is InChI=1S/C17H23N5/c1-2-8-15(7-1)22-10-4-6-14(12-22)17-19-16(20-21-17)13-5-3-9-18-11-13/h3,5,9,11,14-15H,1-2,4,6-8,10,12H2,(H,19,20,21). The third-order valence-electron chi connectivity index (χ3n) is 5.10.